The fourth-order valence-corrected chi connectivity index (χ4v) is 5.40. The molecule has 36 heavy (non-hydrogen) atoms. The third-order valence-electron chi connectivity index (χ3n) is 7.47. The number of hydrogen-bond acceptors (Lipinski definition) is 4. The minimum absolute atomic E-state index is 0.858. The van der Waals surface area contributed by atoms with Crippen molar-refractivity contribution in [3.63, 3.8) is 0 Å². The number of piperidine rings is 1. The normalized spacial score (nSPS) is 14.8. The Hall–Kier alpha value is -2.69. The lowest BCUT2D eigenvalue weighted by atomic mass is 9.90. The summed E-state index contributed by atoms with van der Waals surface area (Å²) in [6.07, 6.45) is 11.0. The Bertz CT molecular complexity index is 987. The van der Waals surface area contributed by atoms with E-state index in [4.69, 9.17) is 4.74 Å². The molecule has 1 aromatic heterocycles. The van der Waals surface area contributed by atoms with Crippen molar-refractivity contribution in [3.8, 4) is 5.75 Å². The molecule has 1 fully saturated rings. The second-order valence-electron chi connectivity index (χ2n) is 10.2. The highest BCUT2D eigenvalue weighted by Gasteiger charge is 2.19. The molecule has 0 bridgehead atoms. The van der Waals surface area contributed by atoms with Gasteiger partial charge in [-0.15, -0.1) is 0 Å². The second-order valence-corrected chi connectivity index (χ2v) is 10.2. The lowest BCUT2D eigenvalue weighted by Crippen LogP contribution is -2.35. The standard InChI is InChI=1S/C32H43N3O/c1-36-32-17-8-7-15-30(32)26-35(27-31-16-9-10-20-33-31)22-12-3-2-11-21-34-23-18-29(19-24-34)25-28-13-5-4-6-14-28/h4-10,13-17,20,29H,2-3,11-12,18-19,21-27H2,1H3. The van der Waals surface area contributed by atoms with E-state index in [9.17, 15) is 0 Å². The summed E-state index contributed by atoms with van der Waals surface area (Å²) in [7, 11) is 1.76. The van der Waals surface area contributed by atoms with Gasteiger partial charge in [-0.1, -0.05) is 67.4 Å². The van der Waals surface area contributed by atoms with E-state index in [0.29, 0.717) is 0 Å². The molecular weight excluding hydrogens is 442 g/mol. The SMILES string of the molecule is COc1ccccc1CN(CCCCCCN1CCC(Cc2ccccc2)CC1)Cc1ccccn1. The van der Waals surface area contributed by atoms with Gasteiger partial charge in [0.1, 0.15) is 5.75 Å². The van der Waals surface area contributed by atoms with E-state index < -0.39 is 0 Å². The van der Waals surface area contributed by atoms with Crippen LogP contribution in [0.2, 0.25) is 0 Å². The Balaban J connectivity index is 1.15. The molecule has 4 nitrogen and oxygen atoms in total. The van der Waals surface area contributed by atoms with E-state index in [1.807, 2.05) is 18.3 Å². The number of aromatic nitrogens is 1. The average molecular weight is 486 g/mol. The first-order chi connectivity index (χ1) is 17.8. The Kier molecular flexibility index (Phi) is 10.8. The molecule has 0 N–H and O–H groups in total. The lowest BCUT2D eigenvalue weighted by Gasteiger charge is -2.32. The molecule has 2 aromatic carbocycles. The van der Waals surface area contributed by atoms with Crippen LogP contribution in [0.5, 0.6) is 5.75 Å². The van der Waals surface area contributed by atoms with Crippen LogP contribution in [0, 0.1) is 5.92 Å². The van der Waals surface area contributed by atoms with Crippen molar-refractivity contribution in [2.24, 2.45) is 5.92 Å². The molecular formula is C32H43N3O. The molecule has 1 aliphatic rings. The number of pyridine rings is 1. The van der Waals surface area contributed by atoms with E-state index in [0.717, 1.165) is 37.0 Å². The summed E-state index contributed by atoms with van der Waals surface area (Å²) in [5.41, 5.74) is 3.87. The maximum atomic E-state index is 5.60. The molecule has 0 unspecified atom stereocenters. The first-order valence-electron chi connectivity index (χ1n) is 13.8. The van der Waals surface area contributed by atoms with E-state index in [2.05, 4.69) is 75.4 Å². The fourth-order valence-electron chi connectivity index (χ4n) is 5.40. The maximum Gasteiger partial charge on any atom is 0.123 e. The second kappa shape index (κ2) is 14.8. The number of benzene rings is 2. The van der Waals surface area contributed by atoms with Crippen molar-refractivity contribution in [2.45, 2.75) is 58.0 Å². The Labute approximate surface area is 218 Å². The van der Waals surface area contributed by atoms with Gasteiger partial charge in [-0.05, 0) is 88.0 Å². The summed E-state index contributed by atoms with van der Waals surface area (Å²) in [6.45, 7) is 6.65. The van der Waals surface area contributed by atoms with Crippen LogP contribution in [-0.4, -0.2) is 48.1 Å². The molecule has 3 aromatic rings. The molecule has 0 saturated carbocycles. The minimum Gasteiger partial charge on any atom is -0.496 e. The molecule has 0 atom stereocenters. The lowest BCUT2D eigenvalue weighted by molar-refractivity contribution is 0.180. The third-order valence-corrected chi connectivity index (χ3v) is 7.47. The molecule has 2 heterocycles. The van der Waals surface area contributed by atoms with E-state index in [-0.39, 0.29) is 0 Å². The Morgan fingerprint density at radius 2 is 1.58 bits per heavy atom. The van der Waals surface area contributed by atoms with Crippen molar-refractivity contribution in [1.82, 2.24) is 14.8 Å². The highest BCUT2D eigenvalue weighted by molar-refractivity contribution is 5.33. The van der Waals surface area contributed by atoms with Crippen molar-refractivity contribution in [2.75, 3.05) is 33.3 Å². The van der Waals surface area contributed by atoms with Gasteiger partial charge in [0.2, 0.25) is 0 Å². The van der Waals surface area contributed by atoms with E-state index in [1.54, 1.807) is 7.11 Å². The van der Waals surface area contributed by atoms with Crippen LogP contribution in [0.4, 0.5) is 0 Å². The number of methoxy groups -OCH3 is 1. The largest absolute Gasteiger partial charge is 0.496 e. The first kappa shape index (κ1) is 26.4. The van der Waals surface area contributed by atoms with Crippen molar-refractivity contribution in [3.05, 3.63) is 95.8 Å². The zero-order chi connectivity index (χ0) is 24.8. The van der Waals surface area contributed by atoms with Gasteiger partial charge >= 0.3 is 0 Å². The van der Waals surface area contributed by atoms with Crippen molar-refractivity contribution in [1.29, 1.82) is 0 Å². The zero-order valence-corrected chi connectivity index (χ0v) is 22.0. The molecule has 0 amide bonds. The van der Waals surface area contributed by atoms with Crippen LogP contribution < -0.4 is 4.74 Å². The minimum atomic E-state index is 0.858. The van der Waals surface area contributed by atoms with Crippen molar-refractivity contribution < 1.29 is 4.74 Å². The van der Waals surface area contributed by atoms with Crippen LogP contribution in [0.25, 0.3) is 0 Å². The van der Waals surface area contributed by atoms with Gasteiger partial charge in [-0.3, -0.25) is 9.88 Å². The number of hydrogen-bond donors (Lipinski definition) is 0. The Morgan fingerprint density at radius 3 is 2.36 bits per heavy atom. The number of likely N-dealkylation sites (tertiary alicyclic amines) is 1. The number of nitrogens with zero attached hydrogens (tertiary/aromatic N) is 3. The molecule has 1 saturated heterocycles. The molecule has 0 aliphatic carbocycles. The van der Waals surface area contributed by atoms with Gasteiger partial charge in [-0.25, -0.2) is 0 Å². The summed E-state index contributed by atoms with van der Waals surface area (Å²) in [4.78, 5) is 9.76. The van der Waals surface area contributed by atoms with Crippen LogP contribution in [0.1, 0.15) is 55.3 Å². The molecule has 192 valence electrons. The molecule has 4 heteroatoms. The molecule has 0 radical (unpaired) electrons. The molecule has 4 rings (SSSR count). The smallest absolute Gasteiger partial charge is 0.123 e. The monoisotopic (exact) mass is 485 g/mol. The predicted molar refractivity (Wildman–Crippen MR) is 149 cm³/mol. The van der Waals surface area contributed by atoms with Crippen LogP contribution in [0.15, 0.2) is 79.0 Å². The molecule has 0 spiro atoms. The first-order valence-corrected chi connectivity index (χ1v) is 13.8. The average Bonchev–Trinajstić information content (AvgIpc) is 2.93. The van der Waals surface area contributed by atoms with Crippen LogP contribution >= 0.6 is 0 Å². The van der Waals surface area contributed by atoms with Gasteiger partial charge in [0.05, 0.1) is 12.8 Å². The van der Waals surface area contributed by atoms with Gasteiger partial charge in [0.15, 0.2) is 0 Å². The van der Waals surface area contributed by atoms with Gasteiger partial charge in [-0.2, -0.15) is 0 Å². The van der Waals surface area contributed by atoms with Gasteiger partial charge in [0, 0.05) is 24.8 Å². The fraction of sp³-hybridized carbons (Fsp3) is 0.469. The van der Waals surface area contributed by atoms with E-state index >= 15 is 0 Å². The van der Waals surface area contributed by atoms with E-state index in [1.165, 1.54) is 75.7 Å². The number of rotatable bonds is 14. The Morgan fingerprint density at radius 1 is 0.833 bits per heavy atom. The predicted octanol–water partition coefficient (Wildman–Crippen LogP) is 6.61. The summed E-state index contributed by atoms with van der Waals surface area (Å²) in [5, 5.41) is 0. The highest BCUT2D eigenvalue weighted by Crippen LogP contribution is 2.23. The number of para-hydroxylation sites is 1. The zero-order valence-electron chi connectivity index (χ0n) is 22.0. The summed E-state index contributed by atoms with van der Waals surface area (Å²) in [6, 6.07) is 25.6. The number of unbranched alkanes of at least 4 members (excludes halogenated alkanes) is 3. The van der Waals surface area contributed by atoms with Crippen LogP contribution in [0.3, 0.4) is 0 Å². The third kappa shape index (κ3) is 8.76. The van der Waals surface area contributed by atoms with Gasteiger partial charge < -0.3 is 9.64 Å². The maximum absolute atomic E-state index is 5.60. The summed E-state index contributed by atoms with van der Waals surface area (Å²) in [5.74, 6) is 1.83. The number of ether oxygens (including phenoxy) is 1. The summed E-state index contributed by atoms with van der Waals surface area (Å²) >= 11 is 0. The summed E-state index contributed by atoms with van der Waals surface area (Å²) < 4.78 is 5.60. The van der Waals surface area contributed by atoms with Crippen molar-refractivity contribution >= 4 is 0 Å². The van der Waals surface area contributed by atoms with Crippen LogP contribution in [-0.2, 0) is 19.5 Å². The van der Waals surface area contributed by atoms with Gasteiger partial charge in [0.25, 0.3) is 0 Å². The molecule has 1 aliphatic heterocycles. The highest BCUT2D eigenvalue weighted by atomic mass is 16.5. The topological polar surface area (TPSA) is 28.6 Å². The quantitative estimate of drug-likeness (QED) is 0.240.